The minimum Gasteiger partial charge on any atom is -0.494 e. The zero-order valence-electron chi connectivity index (χ0n) is 17.4. The average Bonchev–Trinajstić information content (AvgIpc) is 2.78. The lowest BCUT2D eigenvalue weighted by Gasteiger charge is -2.42. The van der Waals surface area contributed by atoms with Gasteiger partial charge in [-0.15, -0.1) is 0 Å². The van der Waals surface area contributed by atoms with E-state index in [0.29, 0.717) is 19.6 Å². The lowest BCUT2D eigenvalue weighted by atomic mass is 9.95. The number of benzene rings is 2. The number of hydrogen-bond acceptors (Lipinski definition) is 4. The molecule has 0 aromatic heterocycles. The van der Waals surface area contributed by atoms with Crippen molar-refractivity contribution in [1.29, 1.82) is 0 Å². The predicted molar refractivity (Wildman–Crippen MR) is 109 cm³/mol. The summed E-state index contributed by atoms with van der Waals surface area (Å²) in [6.07, 6.45) is -1.85. The molecule has 2 heterocycles. The highest BCUT2D eigenvalue weighted by molar-refractivity contribution is 5.28. The van der Waals surface area contributed by atoms with Crippen LogP contribution in [0, 0.1) is 0 Å². The largest absolute Gasteiger partial charge is 0.494 e. The summed E-state index contributed by atoms with van der Waals surface area (Å²) in [7, 11) is 0. The van der Waals surface area contributed by atoms with Gasteiger partial charge in [-0.25, -0.2) is 0 Å². The van der Waals surface area contributed by atoms with E-state index in [1.807, 2.05) is 24.3 Å². The third-order valence-electron chi connectivity index (χ3n) is 5.71. The van der Waals surface area contributed by atoms with E-state index >= 15 is 0 Å². The molecule has 0 amide bonds. The monoisotopic (exact) mass is 436 g/mol. The quantitative estimate of drug-likeness (QED) is 0.504. The van der Waals surface area contributed by atoms with E-state index in [0.717, 1.165) is 48.3 Å². The second-order valence-corrected chi connectivity index (χ2v) is 7.97. The number of unbranched alkanes of at least 4 members (excludes halogenated alkanes) is 1. The first-order valence-corrected chi connectivity index (χ1v) is 10.8. The highest BCUT2D eigenvalue weighted by Crippen LogP contribution is 2.39. The van der Waals surface area contributed by atoms with Crippen LogP contribution in [0.5, 0.6) is 5.75 Å². The fraction of sp³-hybridized carbons (Fsp3) is 0.500. The van der Waals surface area contributed by atoms with E-state index in [4.69, 9.17) is 18.9 Å². The van der Waals surface area contributed by atoms with Crippen LogP contribution in [0.2, 0.25) is 0 Å². The van der Waals surface area contributed by atoms with Crippen molar-refractivity contribution >= 4 is 0 Å². The van der Waals surface area contributed by atoms with E-state index in [1.165, 1.54) is 12.1 Å². The summed E-state index contributed by atoms with van der Waals surface area (Å²) in [5.74, 6) is 0.825. The molecule has 0 N–H and O–H groups in total. The molecule has 4 atom stereocenters. The molecule has 2 fully saturated rings. The fourth-order valence-corrected chi connectivity index (χ4v) is 3.91. The second kappa shape index (κ2) is 9.59. The van der Waals surface area contributed by atoms with Crippen LogP contribution in [-0.4, -0.2) is 25.4 Å². The first-order chi connectivity index (χ1) is 14.9. The third kappa shape index (κ3) is 5.40. The Labute approximate surface area is 180 Å². The maximum Gasteiger partial charge on any atom is 0.416 e. The van der Waals surface area contributed by atoms with Crippen molar-refractivity contribution in [1.82, 2.24) is 0 Å². The van der Waals surface area contributed by atoms with Crippen LogP contribution in [0.3, 0.4) is 0 Å². The molecule has 0 aliphatic carbocycles. The van der Waals surface area contributed by atoms with Gasteiger partial charge in [0.15, 0.2) is 6.29 Å². The summed E-state index contributed by atoms with van der Waals surface area (Å²) >= 11 is 0. The Bertz CT molecular complexity index is 835. The molecule has 0 spiro atoms. The highest BCUT2D eigenvalue weighted by atomic mass is 19.4. The molecule has 2 aromatic rings. The van der Waals surface area contributed by atoms with Gasteiger partial charge in [0, 0.05) is 5.56 Å². The maximum absolute atomic E-state index is 12.8. The standard InChI is InChI=1S/C24H27F3O4/c1-2-3-14-28-19-10-6-17(7-11-19)23-29-15-22-21(31-23)13-12-20(30-22)16-4-8-18(9-5-16)24(25,26)27/h4-11,20-23H,2-3,12-15H2,1H3/t20-,21+,22-,23-/m1/s1. The van der Waals surface area contributed by atoms with Gasteiger partial charge in [-0.3, -0.25) is 0 Å². The molecule has 0 bridgehead atoms. The van der Waals surface area contributed by atoms with Crippen LogP contribution < -0.4 is 4.74 Å². The van der Waals surface area contributed by atoms with Gasteiger partial charge in [0.1, 0.15) is 11.9 Å². The number of alkyl halides is 3. The van der Waals surface area contributed by atoms with Crippen LogP contribution in [0.25, 0.3) is 0 Å². The Morgan fingerprint density at radius 1 is 0.903 bits per heavy atom. The minimum absolute atomic E-state index is 0.107. The molecule has 4 nitrogen and oxygen atoms in total. The number of fused-ring (bicyclic) bond motifs is 1. The van der Waals surface area contributed by atoms with Gasteiger partial charge in [0.05, 0.1) is 31.0 Å². The third-order valence-corrected chi connectivity index (χ3v) is 5.71. The molecule has 0 radical (unpaired) electrons. The van der Waals surface area contributed by atoms with Crippen molar-refractivity contribution in [2.75, 3.05) is 13.2 Å². The Morgan fingerprint density at radius 2 is 1.61 bits per heavy atom. The molecule has 2 saturated heterocycles. The number of hydrogen-bond donors (Lipinski definition) is 0. The average molecular weight is 436 g/mol. The first kappa shape index (κ1) is 22.1. The molecule has 2 aromatic carbocycles. The van der Waals surface area contributed by atoms with Crippen LogP contribution in [0.15, 0.2) is 48.5 Å². The van der Waals surface area contributed by atoms with E-state index in [9.17, 15) is 13.2 Å². The molecule has 168 valence electrons. The van der Waals surface area contributed by atoms with Gasteiger partial charge < -0.3 is 18.9 Å². The molecule has 4 rings (SSSR count). The van der Waals surface area contributed by atoms with Crippen molar-refractivity contribution in [2.24, 2.45) is 0 Å². The molecule has 2 aliphatic heterocycles. The van der Waals surface area contributed by atoms with Gasteiger partial charge >= 0.3 is 6.18 Å². The van der Waals surface area contributed by atoms with Crippen molar-refractivity contribution in [3.05, 3.63) is 65.2 Å². The predicted octanol–water partition coefficient (Wildman–Crippen LogP) is 6.22. The summed E-state index contributed by atoms with van der Waals surface area (Å²) in [6, 6.07) is 12.9. The van der Waals surface area contributed by atoms with Crippen molar-refractivity contribution in [3.63, 3.8) is 0 Å². The van der Waals surface area contributed by atoms with Gasteiger partial charge in [0.2, 0.25) is 0 Å². The molecular formula is C24H27F3O4. The Morgan fingerprint density at radius 3 is 2.29 bits per heavy atom. The minimum atomic E-state index is -4.34. The van der Waals surface area contributed by atoms with Crippen molar-refractivity contribution in [2.45, 2.75) is 63.4 Å². The van der Waals surface area contributed by atoms with E-state index in [-0.39, 0.29) is 18.3 Å². The van der Waals surface area contributed by atoms with E-state index < -0.39 is 18.0 Å². The van der Waals surface area contributed by atoms with Crippen LogP contribution >= 0.6 is 0 Å². The lowest BCUT2D eigenvalue weighted by Crippen LogP contribution is -2.45. The lowest BCUT2D eigenvalue weighted by molar-refractivity contribution is -0.289. The van der Waals surface area contributed by atoms with E-state index in [1.54, 1.807) is 0 Å². The normalized spacial score (nSPS) is 26.3. The maximum atomic E-state index is 12.8. The van der Waals surface area contributed by atoms with Gasteiger partial charge in [0.25, 0.3) is 0 Å². The van der Waals surface area contributed by atoms with Gasteiger partial charge in [-0.05, 0) is 49.1 Å². The number of ether oxygens (including phenoxy) is 4. The number of rotatable bonds is 6. The highest BCUT2D eigenvalue weighted by Gasteiger charge is 2.39. The van der Waals surface area contributed by atoms with Crippen molar-refractivity contribution in [3.8, 4) is 5.75 Å². The van der Waals surface area contributed by atoms with Gasteiger partial charge in [-0.2, -0.15) is 13.2 Å². The smallest absolute Gasteiger partial charge is 0.416 e. The first-order valence-electron chi connectivity index (χ1n) is 10.8. The SMILES string of the molecule is CCCCOc1ccc([C@@H]2OC[C@H]3O[C@@H](c4ccc(C(F)(F)F)cc4)CC[C@@H]3O2)cc1. The summed E-state index contributed by atoms with van der Waals surface area (Å²) < 4.78 is 62.1. The van der Waals surface area contributed by atoms with Crippen LogP contribution in [0.4, 0.5) is 13.2 Å². The Kier molecular flexibility index (Phi) is 6.84. The zero-order chi connectivity index (χ0) is 21.8. The molecule has 2 aliphatic rings. The zero-order valence-corrected chi connectivity index (χ0v) is 17.4. The van der Waals surface area contributed by atoms with Crippen molar-refractivity contribution < 1.29 is 32.1 Å². The summed E-state index contributed by atoms with van der Waals surface area (Å²) in [6.45, 7) is 3.20. The molecule has 31 heavy (non-hydrogen) atoms. The Balaban J connectivity index is 1.32. The molecule has 7 heteroatoms. The van der Waals surface area contributed by atoms with Gasteiger partial charge in [-0.1, -0.05) is 37.6 Å². The molecule has 0 unspecified atom stereocenters. The summed E-state index contributed by atoms with van der Waals surface area (Å²) in [5.41, 5.74) is 1.01. The topological polar surface area (TPSA) is 36.9 Å². The fourth-order valence-electron chi connectivity index (χ4n) is 3.91. The van der Waals surface area contributed by atoms with E-state index in [2.05, 4.69) is 6.92 Å². The second-order valence-electron chi connectivity index (χ2n) is 7.97. The summed E-state index contributed by atoms with van der Waals surface area (Å²) in [4.78, 5) is 0. The van der Waals surface area contributed by atoms with Crippen LogP contribution in [0.1, 0.15) is 61.7 Å². The Hall–Kier alpha value is -2.09. The molecular weight excluding hydrogens is 409 g/mol. The molecule has 0 saturated carbocycles. The number of halogens is 3. The summed E-state index contributed by atoms with van der Waals surface area (Å²) in [5, 5.41) is 0. The van der Waals surface area contributed by atoms with Crippen LogP contribution in [-0.2, 0) is 20.4 Å².